The Hall–Kier alpha value is -3.65. The Kier molecular flexibility index (Phi) is 11.2. The normalized spacial score (nSPS) is 10.0. The van der Waals surface area contributed by atoms with Crippen molar-refractivity contribution in [2.75, 3.05) is 13.7 Å². The van der Waals surface area contributed by atoms with Crippen molar-refractivity contribution in [3.8, 4) is 5.75 Å². The number of benzene rings is 3. The van der Waals surface area contributed by atoms with Gasteiger partial charge >= 0.3 is 12.1 Å². The number of carbonyl (C=O) groups is 2. The Balaban J connectivity index is 0.000000242. The summed E-state index contributed by atoms with van der Waals surface area (Å²) >= 11 is 0. The zero-order valence-electron chi connectivity index (χ0n) is 17.4. The van der Waals surface area contributed by atoms with Crippen molar-refractivity contribution in [1.82, 2.24) is 0 Å². The van der Waals surface area contributed by atoms with Crippen LogP contribution in [-0.2, 0) is 12.6 Å². The molecule has 0 atom stereocenters. The summed E-state index contributed by atoms with van der Waals surface area (Å²) in [6, 6.07) is 20.5. The molecule has 0 aliphatic carbocycles. The molecule has 0 fully saturated rings. The molecular formula is C24H24F3NO4. The Morgan fingerprint density at radius 2 is 1.66 bits per heavy atom. The van der Waals surface area contributed by atoms with Gasteiger partial charge in [0.15, 0.2) is 0 Å². The number of hydrogen-bond donors (Lipinski definition) is 2. The minimum atomic E-state index is -4.38. The molecule has 0 heterocycles. The van der Waals surface area contributed by atoms with Crippen LogP contribution >= 0.6 is 0 Å². The number of nitrogens with two attached hydrogens (primary N) is 1. The summed E-state index contributed by atoms with van der Waals surface area (Å²) < 4.78 is 41.0. The van der Waals surface area contributed by atoms with Crippen molar-refractivity contribution in [2.24, 2.45) is 5.73 Å². The van der Waals surface area contributed by atoms with Gasteiger partial charge in [0.05, 0.1) is 18.2 Å². The number of carboxylic acid groups (broad SMARTS) is 1. The molecule has 3 N–H and O–H groups in total. The van der Waals surface area contributed by atoms with E-state index in [1.54, 1.807) is 37.4 Å². The van der Waals surface area contributed by atoms with Gasteiger partial charge in [0.1, 0.15) is 12.0 Å². The molecule has 0 radical (unpaired) electrons. The fourth-order valence-corrected chi connectivity index (χ4v) is 2.36. The Bertz CT molecular complexity index is 976. The number of aromatic carboxylic acids is 1. The van der Waals surface area contributed by atoms with Gasteiger partial charge in [-0.3, -0.25) is 4.79 Å². The van der Waals surface area contributed by atoms with Crippen molar-refractivity contribution >= 4 is 12.3 Å². The fraction of sp³-hybridized carbons (Fsp3) is 0.167. The summed E-state index contributed by atoms with van der Waals surface area (Å²) in [5.41, 5.74) is 6.20. The average molecular weight is 447 g/mol. The lowest BCUT2D eigenvalue weighted by atomic mass is 10.1. The zero-order chi connectivity index (χ0) is 24.0. The molecule has 0 saturated heterocycles. The third-order valence-electron chi connectivity index (χ3n) is 3.94. The monoisotopic (exact) mass is 447 g/mol. The van der Waals surface area contributed by atoms with E-state index in [9.17, 15) is 22.8 Å². The first kappa shape index (κ1) is 26.4. The van der Waals surface area contributed by atoms with Crippen LogP contribution in [-0.4, -0.2) is 31.0 Å². The van der Waals surface area contributed by atoms with Crippen LogP contribution in [0.5, 0.6) is 5.75 Å². The van der Waals surface area contributed by atoms with E-state index >= 15 is 0 Å². The fourth-order valence-electron chi connectivity index (χ4n) is 2.36. The Morgan fingerprint density at radius 3 is 2.16 bits per heavy atom. The molecule has 3 rings (SSSR count). The molecule has 0 bridgehead atoms. The number of ether oxygens (including phenoxy) is 1. The summed E-state index contributed by atoms with van der Waals surface area (Å²) in [5.74, 6) is 0.0200. The molecule has 170 valence electrons. The highest BCUT2D eigenvalue weighted by Gasteiger charge is 2.30. The highest BCUT2D eigenvalue weighted by atomic mass is 19.4. The SMILES string of the molecule is COc1cccc(CCN)c1.O=C(O)c1ccccc1.O=Cc1cccc(C(F)(F)F)c1. The van der Waals surface area contributed by atoms with E-state index in [2.05, 4.69) is 6.07 Å². The van der Waals surface area contributed by atoms with Gasteiger partial charge < -0.3 is 15.6 Å². The van der Waals surface area contributed by atoms with Gasteiger partial charge in [-0.2, -0.15) is 13.2 Å². The smallest absolute Gasteiger partial charge is 0.416 e. The molecule has 0 aliphatic heterocycles. The van der Waals surface area contributed by atoms with Crippen molar-refractivity contribution in [3.05, 3.63) is 101 Å². The predicted molar refractivity (Wildman–Crippen MR) is 116 cm³/mol. The maximum atomic E-state index is 12.0. The molecular weight excluding hydrogens is 423 g/mol. The van der Waals surface area contributed by atoms with Crippen molar-refractivity contribution < 1.29 is 32.6 Å². The molecule has 0 amide bonds. The lowest BCUT2D eigenvalue weighted by Crippen LogP contribution is -2.04. The first-order valence-electron chi connectivity index (χ1n) is 9.45. The third kappa shape index (κ3) is 9.90. The van der Waals surface area contributed by atoms with Gasteiger partial charge in [0.2, 0.25) is 0 Å². The van der Waals surface area contributed by atoms with Gasteiger partial charge in [-0.15, -0.1) is 0 Å². The van der Waals surface area contributed by atoms with Crippen LogP contribution in [0, 0.1) is 0 Å². The topological polar surface area (TPSA) is 89.6 Å². The first-order valence-corrected chi connectivity index (χ1v) is 9.45. The largest absolute Gasteiger partial charge is 0.497 e. The minimum Gasteiger partial charge on any atom is -0.497 e. The number of hydrogen-bond acceptors (Lipinski definition) is 4. The summed E-state index contributed by atoms with van der Waals surface area (Å²) in [6.07, 6.45) is -3.08. The van der Waals surface area contributed by atoms with E-state index < -0.39 is 17.7 Å². The standard InChI is InChI=1S/C9H13NO.C8H5F3O.C7H6O2/c1-11-9-4-2-3-8(7-9)5-6-10;9-8(10,11)7-3-1-2-6(4-7)5-12;8-7(9)6-4-2-1-3-5-6/h2-4,7H,5-6,10H2,1H3;1-5H;1-5H,(H,8,9). The molecule has 3 aromatic rings. The molecule has 32 heavy (non-hydrogen) atoms. The second-order valence-electron chi connectivity index (χ2n) is 6.30. The van der Waals surface area contributed by atoms with Crippen LogP contribution in [0.1, 0.15) is 31.8 Å². The summed E-state index contributed by atoms with van der Waals surface area (Å²) in [5, 5.41) is 8.38. The van der Waals surface area contributed by atoms with Gasteiger partial charge in [0, 0.05) is 5.56 Å². The van der Waals surface area contributed by atoms with E-state index in [0.29, 0.717) is 18.4 Å². The van der Waals surface area contributed by atoms with E-state index in [-0.39, 0.29) is 5.56 Å². The van der Waals surface area contributed by atoms with Crippen LogP contribution in [0.3, 0.4) is 0 Å². The molecule has 0 unspecified atom stereocenters. The van der Waals surface area contributed by atoms with Crippen LogP contribution in [0.2, 0.25) is 0 Å². The zero-order valence-corrected chi connectivity index (χ0v) is 17.4. The van der Waals surface area contributed by atoms with Gasteiger partial charge in [-0.25, -0.2) is 4.79 Å². The number of carbonyl (C=O) groups excluding carboxylic acids is 1. The van der Waals surface area contributed by atoms with E-state index in [1.165, 1.54) is 17.7 Å². The quantitative estimate of drug-likeness (QED) is 0.531. The number of aldehydes is 1. The second-order valence-corrected chi connectivity index (χ2v) is 6.30. The first-order chi connectivity index (χ1) is 15.2. The number of rotatable bonds is 5. The number of halogens is 3. The van der Waals surface area contributed by atoms with Crippen LogP contribution in [0.4, 0.5) is 13.2 Å². The maximum absolute atomic E-state index is 12.0. The Labute approximate surface area is 184 Å². The predicted octanol–water partition coefficient (Wildman–Crippen LogP) is 5.10. The molecule has 0 aromatic heterocycles. The van der Waals surface area contributed by atoms with Crippen LogP contribution < -0.4 is 10.5 Å². The van der Waals surface area contributed by atoms with Gasteiger partial charge in [0.25, 0.3) is 0 Å². The van der Waals surface area contributed by atoms with E-state index in [1.807, 2.05) is 18.2 Å². The summed E-state index contributed by atoms with van der Waals surface area (Å²) in [4.78, 5) is 20.3. The van der Waals surface area contributed by atoms with E-state index in [4.69, 9.17) is 15.6 Å². The van der Waals surface area contributed by atoms with Crippen molar-refractivity contribution in [1.29, 1.82) is 0 Å². The average Bonchev–Trinajstić information content (AvgIpc) is 2.80. The molecule has 3 aromatic carbocycles. The molecule has 0 saturated carbocycles. The summed E-state index contributed by atoms with van der Waals surface area (Å²) in [7, 11) is 1.67. The number of alkyl halides is 3. The number of methoxy groups -OCH3 is 1. The van der Waals surface area contributed by atoms with E-state index in [0.717, 1.165) is 24.3 Å². The lowest BCUT2D eigenvalue weighted by molar-refractivity contribution is -0.137. The lowest BCUT2D eigenvalue weighted by Gasteiger charge is -2.05. The molecule has 0 spiro atoms. The van der Waals surface area contributed by atoms with Crippen LogP contribution in [0.15, 0.2) is 78.9 Å². The molecule has 8 heteroatoms. The summed E-state index contributed by atoms with van der Waals surface area (Å²) in [6.45, 7) is 0.688. The van der Waals surface area contributed by atoms with Crippen molar-refractivity contribution in [3.63, 3.8) is 0 Å². The maximum Gasteiger partial charge on any atom is 0.416 e. The minimum absolute atomic E-state index is 0.0322. The highest BCUT2D eigenvalue weighted by Crippen LogP contribution is 2.29. The molecule has 5 nitrogen and oxygen atoms in total. The highest BCUT2D eigenvalue weighted by molar-refractivity contribution is 5.87. The third-order valence-corrected chi connectivity index (χ3v) is 3.94. The van der Waals surface area contributed by atoms with Crippen LogP contribution in [0.25, 0.3) is 0 Å². The van der Waals surface area contributed by atoms with Crippen molar-refractivity contribution in [2.45, 2.75) is 12.6 Å². The second kappa shape index (κ2) is 13.6. The van der Waals surface area contributed by atoms with Gasteiger partial charge in [-0.05, 0) is 54.9 Å². The molecule has 0 aliphatic rings. The number of carboxylic acids is 1. The van der Waals surface area contributed by atoms with Gasteiger partial charge in [-0.1, -0.05) is 42.5 Å². The Morgan fingerprint density at radius 1 is 1.00 bits per heavy atom.